The van der Waals surface area contributed by atoms with E-state index in [1.54, 1.807) is 24.3 Å². The van der Waals surface area contributed by atoms with Gasteiger partial charge in [0.05, 0.1) is 12.1 Å². The maximum atomic E-state index is 11.8. The van der Waals surface area contributed by atoms with E-state index in [0.717, 1.165) is 24.8 Å². The van der Waals surface area contributed by atoms with Crippen molar-refractivity contribution < 1.29 is 9.90 Å². The summed E-state index contributed by atoms with van der Waals surface area (Å²) in [5, 5.41) is 13.2. The van der Waals surface area contributed by atoms with Crippen LogP contribution in [0.15, 0.2) is 24.3 Å². The summed E-state index contributed by atoms with van der Waals surface area (Å²) in [6.45, 7) is -0.0183. The van der Waals surface area contributed by atoms with Crippen molar-refractivity contribution in [3.63, 3.8) is 0 Å². The fraction of sp³-hybridized carbons (Fsp3) is 0.357. The van der Waals surface area contributed by atoms with E-state index in [1.165, 1.54) is 6.08 Å². The lowest BCUT2D eigenvalue weighted by Crippen LogP contribution is -2.55. The van der Waals surface area contributed by atoms with Gasteiger partial charge in [0.2, 0.25) is 5.91 Å². The molecule has 1 saturated carbocycles. The predicted molar refractivity (Wildman–Crippen MR) is 77.3 cm³/mol. The Labute approximate surface area is 122 Å². The van der Waals surface area contributed by atoms with Gasteiger partial charge in [0.15, 0.2) is 0 Å². The van der Waals surface area contributed by atoms with Crippen molar-refractivity contribution in [3.05, 3.63) is 39.9 Å². The number of carbonyl (C=O) groups is 1. The largest absolute Gasteiger partial charge is 0.394 e. The number of carbonyl (C=O) groups excluding carboxylic acids is 1. The highest BCUT2D eigenvalue weighted by Gasteiger charge is 2.37. The number of rotatable bonds is 4. The van der Waals surface area contributed by atoms with Crippen molar-refractivity contribution in [2.45, 2.75) is 24.8 Å². The SMILES string of the molecule is O=C(/C=C/c1cc(Cl)cc(Cl)c1)NC1(CO)CCC1. The normalized spacial score (nSPS) is 17.2. The molecule has 19 heavy (non-hydrogen) atoms. The van der Waals surface area contributed by atoms with E-state index in [4.69, 9.17) is 23.2 Å². The molecule has 102 valence electrons. The summed E-state index contributed by atoms with van der Waals surface area (Å²) >= 11 is 11.7. The van der Waals surface area contributed by atoms with E-state index in [1.807, 2.05) is 0 Å². The molecule has 1 fully saturated rings. The minimum atomic E-state index is -0.423. The van der Waals surface area contributed by atoms with Gasteiger partial charge >= 0.3 is 0 Å². The highest BCUT2D eigenvalue weighted by atomic mass is 35.5. The Balaban J connectivity index is 2.00. The zero-order valence-electron chi connectivity index (χ0n) is 10.3. The number of amides is 1. The number of benzene rings is 1. The molecule has 1 aromatic rings. The number of aliphatic hydroxyl groups is 1. The summed E-state index contributed by atoms with van der Waals surface area (Å²) in [6.07, 6.45) is 5.77. The number of halogens is 2. The Morgan fingerprint density at radius 2 is 1.95 bits per heavy atom. The molecule has 3 nitrogen and oxygen atoms in total. The van der Waals surface area contributed by atoms with Crippen LogP contribution in [0.5, 0.6) is 0 Å². The second-order valence-electron chi connectivity index (χ2n) is 4.82. The monoisotopic (exact) mass is 299 g/mol. The molecule has 2 N–H and O–H groups in total. The van der Waals surface area contributed by atoms with E-state index in [-0.39, 0.29) is 12.5 Å². The number of aliphatic hydroxyl groups excluding tert-OH is 1. The minimum absolute atomic E-state index is 0.0183. The minimum Gasteiger partial charge on any atom is -0.394 e. The van der Waals surface area contributed by atoms with Crippen molar-refractivity contribution in [3.8, 4) is 0 Å². The van der Waals surface area contributed by atoms with Crippen molar-refractivity contribution >= 4 is 35.2 Å². The molecule has 0 spiro atoms. The summed E-state index contributed by atoms with van der Waals surface area (Å²) in [5.41, 5.74) is 0.340. The lowest BCUT2D eigenvalue weighted by Gasteiger charge is -2.40. The number of hydrogen-bond acceptors (Lipinski definition) is 2. The van der Waals surface area contributed by atoms with Crippen LogP contribution in [0.4, 0.5) is 0 Å². The van der Waals surface area contributed by atoms with E-state index >= 15 is 0 Å². The molecule has 5 heteroatoms. The third-order valence-corrected chi connectivity index (χ3v) is 3.75. The van der Waals surface area contributed by atoms with Gasteiger partial charge in [-0.2, -0.15) is 0 Å². The lowest BCUT2D eigenvalue weighted by atomic mass is 9.77. The third kappa shape index (κ3) is 3.72. The van der Waals surface area contributed by atoms with Gasteiger partial charge < -0.3 is 10.4 Å². The highest BCUT2D eigenvalue weighted by molar-refractivity contribution is 6.34. The molecule has 0 radical (unpaired) electrons. The van der Waals surface area contributed by atoms with Gasteiger partial charge in [0.25, 0.3) is 0 Å². The zero-order chi connectivity index (χ0) is 13.9. The smallest absolute Gasteiger partial charge is 0.244 e. The molecule has 0 aliphatic heterocycles. The van der Waals surface area contributed by atoms with Gasteiger partial charge in [-0.15, -0.1) is 0 Å². The van der Waals surface area contributed by atoms with Gasteiger partial charge in [-0.05, 0) is 49.1 Å². The van der Waals surface area contributed by atoms with Crippen LogP contribution in [0.2, 0.25) is 10.0 Å². The van der Waals surface area contributed by atoms with Crippen molar-refractivity contribution in [2.24, 2.45) is 0 Å². The molecule has 1 aromatic carbocycles. The van der Waals surface area contributed by atoms with Crippen molar-refractivity contribution in [2.75, 3.05) is 6.61 Å². The molecular weight excluding hydrogens is 285 g/mol. The average Bonchev–Trinajstić information content (AvgIpc) is 2.30. The van der Waals surface area contributed by atoms with Crippen molar-refractivity contribution in [1.82, 2.24) is 5.32 Å². The zero-order valence-corrected chi connectivity index (χ0v) is 11.8. The van der Waals surface area contributed by atoms with Crippen LogP contribution >= 0.6 is 23.2 Å². The second-order valence-corrected chi connectivity index (χ2v) is 5.69. The van der Waals surface area contributed by atoms with Gasteiger partial charge in [-0.3, -0.25) is 4.79 Å². The average molecular weight is 300 g/mol. The first-order valence-electron chi connectivity index (χ1n) is 6.10. The quantitative estimate of drug-likeness (QED) is 0.840. The molecule has 1 amide bonds. The van der Waals surface area contributed by atoms with Crippen LogP contribution in [-0.2, 0) is 4.79 Å². The summed E-state index contributed by atoms with van der Waals surface area (Å²) < 4.78 is 0. The third-order valence-electron chi connectivity index (χ3n) is 3.31. The molecule has 0 saturated heterocycles. The topological polar surface area (TPSA) is 49.3 Å². The van der Waals surface area contributed by atoms with Gasteiger partial charge in [0, 0.05) is 16.1 Å². The molecule has 0 bridgehead atoms. The lowest BCUT2D eigenvalue weighted by molar-refractivity contribution is -0.120. The molecular formula is C14H15Cl2NO2. The van der Waals surface area contributed by atoms with E-state index in [2.05, 4.69) is 5.32 Å². The van der Waals surface area contributed by atoms with Crippen LogP contribution < -0.4 is 5.32 Å². The number of hydrogen-bond donors (Lipinski definition) is 2. The summed E-state index contributed by atoms with van der Waals surface area (Å²) in [6, 6.07) is 5.08. The first-order chi connectivity index (χ1) is 9.03. The Morgan fingerprint density at radius 1 is 1.32 bits per heavy atom. The van der Waals surface area contributed by atoms with Crippen LogP contribution in [0, 0.1) is 0 Å². The van der Waals surface area contributed by atoms with E-state index in [0.29, 0.717) is 10.0 Å². The van der Waals surface area contributed by atoms with Crippen molar-refractivity contribution in [1.29, 1.82) is 0 Å². The molecule has 0 aromatic heterocycles. The second kappa shape index (κ2) is 5.95. The first kappa shape index (κ1) is 14.4. The molecule has 1 aliphatic carbocycles. The molecule has 0 unspecified atom stereocenters. The predicted octanol–water partition coefficient (Wildman–Crippen LogP) is 3.04. The van der Waals surface area contributed by atoms with Gasteiger partial charge in [-0.1, -0.05) is 23.2 Å². The Hall–Kier alpha value is -1.03. The maximum Gasteiger partial charge on any atom is 0.244 e. The molecule has 1 aliphatic rings. The summed E-state index contributed by atoms with van der Waals surface area (Å²) in [5.74, 6) is -0.218. The fourth-order valence-corrected chi connectivity index (χ4v) is 2.62. The van der Waals surface area contributed by atoms with Crippen LogP contribution in [0.3, 0.4) is 0 Å². The van der Waals surface area contributed by atoms with Crippen LogP contribution in [0.1, 0.15) is 24.8 Å². The molecule has 2 rings (SSSR count). The molecule has 0 heterocycles. The van der Waals surface area contributed by atoms with Gasteiger partial charge in [-0.25, -0.2) is 0 Å². The Morgan fingerprint density at radius 3 is 2.42 bits per heavy atom. The van der Waals surface area contributed by atoms with Crippen LogP contribution in [-0.4, -0.2) is 23.2 Å². The van der Waals surface area contributed by atoms with Crippen LogP contribution in [0.25, 0.3) is 6.08 Å². The fourth-order valence-electron chi connectivity index (χ4n) is 2.07. The Kier molecular flexibility index (Phi) is 4.50. The van der Waals surface area contributed by atoms with Gasteiger partial charge in [0.1, 0.15) is 0 Å². The maximum absolute atomic E-state index is 11.8. The standard InChI is InChI=1S/C14H15Cl2NO2/c15-11-6-10(7-12(16)8-11)2-3-13(19)17-14(9-18)4-1-5-14/h2-3,6-8,18H,1,4-5,9H2,(H,17,19)/b3-2+. The van der Waals surface area contributed by atoms with E-state index < -0.39 is 5.54 Å². The first-order valence-corrected chi connectivity index (χ1v) is 6.86. The summed E-state index contributed by atoms with van der Waals surface area (Å²) in [7, 11) is 0. The van der Waals surface area contributed by atoms with E-state index in [9.17, 15) is 9.90 Å². The summed E-state index contributed by atoms with van der Waals surface area (Å²) in [4.78, 5) is 11.8. The number of nitrogens with one attached hydrogen (secondary N) is 1. The Bertz CT molecular complexity index is 484. The molecule has 0 atom stereocenters. The highest BCUT2D eigenvalue weighted by Crippen LogP contribution is 2.31.